The van der Waals surface area contributed by atoms with Gasteiger partial charge in [0.25, 0.3) is 5.91 Å². The summed E-state index contributed by atoms with van der Waals surface area (Å²) >= 11 is 0. The maximum Gasteiger partial charge on any atom is 0.321 e. The number of anilines is 1. The first kappa shape index (κ1) is 18.9. The highest BCUT2D eigenvalue weighted by Gasteiger charge is 2.35. The molecule has 27 heavy (non-hydrogen) atoms. The van der Waals surface area contributed by atoms with Crippen molar-refractivity contribution in [2.24, 2.45) is 0 Å². The summed E-state index contributed by atoms with van der Waals surface area (Å²) in [5.74, 6) is -0.254. The van der Waals surface area contributed by atoms with Crippen LogP contribution in [-0.2, 0) is 4.79 Å². The minimum Gasteiger partial charge on any atom is -0.360 e. The number of imide groups is 1. The number of rotatable bonds is 5. The zero-order valence-electron chi connectivity index (χ0n) is 15.7. The number of quaternary nitrogens is 1. The van der Waals surface area contributed by atoms with E-state index in [0.717, 1.165) is 31.7 Å². The Kier molecular flexibility index (Phi) is 6.44. The molecule has 0 spiro atoms. The third-order valence-corrected chi connectivity index (χ3v) is 4.90. The van der Waals surface area contributed by atoms with Crippen LogP contribution in [-0.4, -0.2) is 44.7 Å². The van der Waals surface area contributed by atoms with E-state index in [0.29, 0.717) is 6.54 Å². The molecule has 1 fully saturated rings. The molecule has 3 N–H and O–H groups in total. The smallest absolute Gasteiger partial charge is 0.321 e. The maximum atomic E-state index is 12.9. The maximum absolute atomic E-state index is 12.9. The van der Waals surface area contributed by atoms with E-state index in [1.807, 2.05) is 55.5 Å². The lowest BCUT2D eigenvalue weighted by molar-refractivity contribution is -0.922. The molecule has 2 aromatic carbocycles. The fraction of sp³-hybridized carbons (Fsp3) is 0.333. The number of hydrogen-bond donors (Lipinski definition) is 3. The third kappa shape index (κ3) is 4.86. The first-order chi connectivity index (χ1) is 13.2. The van der Waals surface area contributed by atoms with E-state index in [4.69, 9.17) is 0 Å². The van der Waals surface area contributed by atoms with Gasteiger partial charge in [0, 0.05) is 17.8 Å². The first-order valence-electron chi connectivity index (χ1n) is 9.47. The van der Waals surface area contributed by atoms with Crippen molar-refractivity contribution in [2.75, 3.05) is 37.6 Å². The number of nitrogens with one attached hydrogen (secondary N) is 3. The third-order valence-electron chi connectivity index (χ3n) is 4.90. The normalized spacial score (nSPS) is 15.8. The zero-order valence-corrected chi connectivity index (χ0v) is 15.7. The zero-order chi connectivity index (χ0) is 19.1. The summed E-state index contributed by atoms with van der Waals surface area (Å²) in [6.45, 7) is 5.72. The van der Waals surface area contributed by atoms with E-state index >= 15 is 0 Å². The highest BCUT2D eigenvalue weighted by molar-refractivity contribution is 5.96. The summed E-state index contributed by atoms with van der Waals surface area (Å²) in [7, 11) is 0. The van der Waals surface area contributed by atoms with E-state index < -0.39 is 12.1 Å². The Morgan fingerprint density at radius 3 is 2.19 bits per heavy atom. The highest BCUT2D eigenvalue weighted by Crippen LogP contribution is 2.14. The summed E-state index contributed by atoms with van der Waals surface area (Å²) in [4.78, 5) is 28.2. The van der Waals surface area contributed by atoms with E-state index in [9.17, 15) is 9.59 Å². The predicted octanol–water partition coefficient (Wildman–Crippen LogP) is 0.979. The van der Waals surface area contributed by atoms with Crippen molar-refractivity contribution in [1.29, 1.82) is 0 Å². The molecule has 1 saturated heterocycles. The van der Waals surface area contributed by atoms with Crippen molar-refractivity contribution in [3.63, 3.8) is 0 Å². The molecule has 3 rings (SSSR count). The van der Waals surface area contributed by atoms with Crippen LogP contribution in [0.3, 0.4) is 0 Å². The van der Waals surface area contributed by atoms with Gasteiger partial charge in [-0.15, -0.1) is 0 Å². The van der Waals surface area contributed by atoms with Crippen LogP contribution in [0.2, 0.25) is 0 Å². The number of nitrogens with zero attached hydrogens (tertiary/aromatic N) is 1. The molecule has 0 unspecified atom stereocenters. The molecule has 0 radical (unpaired) electrons. The Morgan fingerprint density at radius 2 is 1.59 bits per heavy atom. The van der Waals surface area contributed by atoms with Crippen molar-refractivity contribution < 1.29 is 14.5 Å². The number of para-hydroxylation sites is 1. The van der Waals surface area contributed by atoms with Crippen LogP contribution in [0.1, 0.15) is 18.5 Å². The molecule has 1 heterocycles. The van der Waals surface area contributed by atoms with Crippen LogP contribution >= 0.6 is 0 Å². The monoisotopic (exact) mass is 367 g/mol. The molecule has 6 nitrogen and oxygen atoms in total. The second kappa shape index (κ2) is 9.19. The molecule has 6 heteroatoms. The van der Waals surface area contributed by atoms with Crippen LogP contribution in [0.15, 0.2) is 60.7 Å². The largest absolute Gasteiger partial charge is 0.360 e. The number of benzene rings is 2. The minimum atomic E-state index is -0.439. The van der Waals surface area contributed by atoms with Crippen molar-refractivity contribution >= 4 is 17.6 Å². The van der Waals surface area contributed by atoms with Crippen LogP contribution < -0.4 is 20.4 Å². The van der Waals surface area contributed by atoms with Gasteiger partial charge in [-0.2, -0.15) is 0 Å². The van der Waals surface area contributed by atoms with Crippen molar-refractivity contribution in [3.05, 3.63) is 66.2 Å². The Morgan fingerprint density at radius 1 is 1.00 bits per heavy atom. The fourth-order valence-corrected chi connectivity index (χ4v) is 3.59. The van der Waals surface area contributed by atoms with Crippen molar-refractivity contribution in [1.82, 2.24) is 10.6 Å². The van der Waals surface area contributed by atoms with E-state index in [1.165, 1.54) is 10.6 Å². The lowest BCUT2D eigenvalue weighted by Crippen LogP contribution is -3.16. The average Bonchev–Trinajstić information content (AvgIpc) is 2.70. The van der Waals surface area contributed by atoms with Crippen LogP contribution in [0.4, 0.5) is 10.5 Å². The number of hydrogen-bond acceptors (Lipinski definition) is 3. The molecule has 0 aromatic heterocycles. The second-order valence-corrected chi connectivity index (χ2v) is 6.67. The average molecular weight is 367 g/mol. The topological polar surface area (TPSA) is 65.9 Å². The fourth-order valence-electron chi connectivity index (χ4n) is 3.59. The molecule has 2 aromatic rings. The SMILES string of the molecule is CCNC(=O)NC(=O)[C@H](c1ccccc1)[NH+]1CCN(c2ccccc2)CC1. The van der Waals surface area contributed by atoms with Gasteiger partial charge in [0.2, 0.25) is 0 Å². The Bertz CT molecular complexity index is 743. The second-order valence-electron chi connectivity index (χ2n) is 6.67. The molecule has 1 aliphatic heterocycles. The minimum absolute atomic E-state index is 0.254. The summed E-state index contributed by atoms with van der Waals surface area (Å²) in [5, 5.41) is 5.12. The van der Waals surface area contributed by atoms with Gasteiger partial charge in [-0.3, -0.25) is 10.1 Å². The molecular weight excluding hydrogens is 340 g/mol. The Balaban J connectivity index is 1.72. The summed E-state index contributed by atoms with van der Waals surface area (Å²) in [5.41, 5.74) is 2.14. The molecule has 3 amide bonds. The van der Waals surface area contributed by atoms with Crippen LogP contribution in [0, 0.1) is 0 Å². The lowest BCUT2D eigenvalue weighted by Gasteiger charge is -2.37. The van der Waals surface area contributed by atoms with Gasteiger partial charge >= 0.3 is 6.03 Å². The van der Waals surface area contributed by atoms with E-state index in [-0.39, 0.29) is 5.91 Å². The molecular formula is C21H27N4O2+. The van der Waals surface area contributed by atoms with Gasteiger partial charge in [0.05, 0.1) is 26.2 Å². The van der Waals surface area contributed by atoms with Gasteiger partial charge in [-0.25, -0.2) is 4.79 Å². The van der Waals surface area contributed by atoms with Crippen molar-refractivity contribution in [3.8, 4) is 0 Å². The number of amides is 3. The summed E-state index contributed by atoms with van der Waals surface area (Å²) in [6, 6.07) is 19.2. The van der Waals surface area contributed by atoms with Crippen LogP contribution in [0.5, 0.6) is 0 Å². The van der Waals surface area contributed by atoms with Gasteiger partial charge in [0.1, 0.15) is 0 Å². The van der Waals surface area contributed by atoms with E-state index in [1.54, 1.807) is 0 Å². The van der Waals surface area contributed by atoms with Crippen LogP contribution in [0.25, 0.3) is 0 Å². The van der Waals surface area contributed by atoms with E-state index in [2.05, 4.69) is 27.7 Å². The molecule has 0 aliphatic carbocycles. The standard InChI is InChI=1S/C21H26N4O2/c1-2-22-21(27)23-20(26)19(17-9-5-3-6-10-17)25-15-13-24(14-16-25)18-11-7-4-8-12-18/h3-12,19H,2,13-16H2,1H3,(H2,22,23,26,27)/p+1/t19-/m0/s1. The molecule has 0 bridgehead atoms. The number of carbonyl (C=O) groups is 2. The number of piperazine rings is 1. The quantitative estimate of drug-likeness (QED) is 0.738. The molecule has 142 valence electrons. The molecule has 0 saturated carbocycles. The van der Waals surface area contributed by atoms with Gasteiger partial charge in [-0.05, 0) is 19.1 Å². The number of carbonyl (C=O) groups excluding carboxylic acids is 2. The lowest BCUT2D eigenvalue weighted by atomic mass is 10.0. The summed E-state index contributed by atoms with van der Waals surface area (Å²) < 4.78 is 0. The molecule has 1 atom stereocenters. The Hall–Kier alpha value is -2.86. The van der Waals surface area contributed by atoms with Crippen molar-refractivity contribution in [2.45, 2.75) is 13.0 Å². The highest BCUT2D eigenvalue weighted by atomic mass is 16.2. The van der Waals surface area contributed by atoms with Gasteiger partial charge in [0.15, 0.2) is 6.04 Å². The first-order valence-corrected chi connectivity index (χ1v) is 9.47. The molecule has 1 aliphatic rings. The van der Waals surface area contributed by atoms with Gasteiger partial charge in [-0.1, -0.05) is 48.5 Å². The Labute approximate surface area is 160 Å². The number of urea groups is 1. The predicted molar refractivity (Wildman–Crippen MR) is 106 cm³/mol. The summed E-state index contributed by atoms with van der Waals surface area (Å²) in [6.07, 6.45) is 0. The van der Waals surface area contributed by atoms with Gasteiger partial charge < -0.3 is 15.1 Å².